The second kappa shape index (κ2) is 40.5. The first-order valence-corrected chi connectivity index (χ1v) is 23.8. The smallest absolute Gasteiger partial charge is 0.122 e. The quantitative estimate of drug-likeness (QED) is 0.0517. The van der Waals surface area contributed by atoms with Crippen molar-refractivity contribution in [3.05, 3.63) is 42.0 Å². The Morgan fingerprint density at radius 1 is 0.746 bits per heavy atom. The molecule has 2 aliphatic heterocycles. The maximum Gasteiger partial charge on any atom is 0.122 e. The number of aryl methyl sites for hydroxylation is 1. The fourth-order valence-electron chi connectivity index (χ4n) is 6.93. The molecule has 59 heavy (non-hydrogen) atoms. The molecule has 2 aliphatic carbocycles. The third-order valence-electron chi connectivity index (χ3n) is 10.9. The summed E-state index contributed by atoms with van der Waals surface area (Å²) in [4.78, 5) is 0. The highest BCUT2D eigenvalue weighted by Gasteiger charge is 2.54. The molecule has 2 heterocycles. The van der Waals surface area contributed by atoms with E-state index in [9.17, 15) is 0 Å². The summed E-state index contributed by atoms with van der Waals surface area (Å²) in [5.74, 6) is 3.41. The lowest BCUT2D eigenvalue weighted by Crippen LogP contribution is -2.19. The zero-order valence-corrected chi connectivity index (χ0v) is 38.9. The highest BCUT2D eigenvalue weighted by molar-refractivity contribution is 5.33. The molecule has 8 nitrogen and oxygen atoms in total. The lowest BCUT2D eigenvalue weighted by Gasteiger charge is -2.18. The Balaban J connectivity index is 0. The van der Waals surface area contributed by atoms with Crippen molar-refractivity contribution in [3.63, 3.8) is 0 Å². The van der Waals surface area contributed by atoms with Gasteiger partial charge in [-0.15, -0.1) is 0 Å². The molecule has 2 saturated carbocycles. The third-order valence-corrected chi connectivity index (χ3v) is 10.9. The van der Waals surface area contributed by atoms with Crippen LogP contribution in [0.15, 0.2) is 36.4 Å². The molecule has 0 aromatic heterocycles. The Bertz CT molecular complexity index is 1040. The minimum atomic E-state index is 0. The van der Waals surface area contributed by atoms with Crippen molar-refractivity contribution in [1.29, 1.82) is 0 Å². The van der Waals surface area contributed by atoms with Crippen LogP contribution in [0.5, 0.6) is 5.75 Å². The number of aliphatic hydroxyl groups is 4. The number of hydrogen-bond acceptors (Lipinski definition) is 8. The Labute approximate surface area is 365 Å². The van der Waals surface area contributed by atoms with Crippen LogP contribution in [0.2, 0.25) is 0 Å². The molecule has 1 aromatic rings. The Hall–Kier alpha value is -1.52. The first kappa shape index (κ1) is 59.6. The number of ether oxygens (including phenoxy) is 4. The van der Waals surface area contributed by atoms with Crippen molar-refractivity contribution in [1.82, 2.24) is 0 Å². The standard InChI is InChI=1S/C13H20O2.C11H18O.C9H16O.C7H16O2.2C5H12O.CH4/c1-2-3-7-12-8-4-5-9-13(12)15-11-6-10-14;1-3-4-5-9-6-7-11(2)10(8-9)12-11;1-2-3-7-4-5-8-9(6-7)10-8;1-2-3-6-9-7-4-5-8;1-5(2)3-4-6;1-2-3-4-5-6;/h4-5,8-9,14H,2-3,6-7,10-11H2,1H3;4-5,9-10H,3,6-8H2,1-2H3;7-9H,2-6H2,1H3;8H,2-7H2,1H3;5-6H,3-4H2,1-2H3;6H,2-5H2,1H3;1H4/b;5-4+;;;;;. The summed E-state index contributed by atoms with van der Waals surface area (Å²) >= 11 is 0. The van der Waals surface area contributed by atoms with E-state index in [0.717, 1.165) is 62.7 Å². The number of fused-ring (bicyclic) bond motifs is 2. The molecule has 2 saturated heterocycles. The van der Waals surface area contributed by atoms with Crippen LogP contribution in [-0.4, -0.2) is 90.6 Å². The number of hydrogen-bond donors (Lipinski definition) is 4. The molecule has 4 fully saturated rings. The van der Waals surface area contributed by atoms with E-state index in [1.807, 2.05) is 18.2 Å². The van der Waals surface area contributed by atoms with E-state index in [1.165, 1.54) is 89.0 Å². The SMILES string of the molecule is C.CC(C)CCO.CC/C=C/C1CCC2(C)OC2C1.CCCC1CCC2OC2C1.CCCCCO.CCCCOCCCO.CCCCc1ccccc1OCCCO. The van der Waals surface area contributed by atoms with E-state index in [4.69, 9.17) is 39.4 Å². The van der Waals surface area contributed by atoms with Gasteiger partial charge in [-0.2, -0.15) is 0 Å². The largest absolute Gasteiger partial charge is 0.493 e. The molecular weight excluding hydrogens is 741 g/mol. The van der Waals surface area contributed by atoms with E-state index in [1.54, 1.807) is 0 Å². The monoisotopic (exact) mass is 839 g/mol. The molecule has 6 unspecified atom stereocenters. The molecule has 8 heteroatoms. The van der Waals surface area contributed by atoms with E-state index in [2.05, 4.69) is 73.6 Å². The summed E-state index contributed by atoms with van der Waals surface area (Å²) in [6.45, 7) is 20.6. The highest BCUT2D eigenvalue weighted by atomic mass is 16.6. The number of para-hydroxylation sites is 1. The second-order valence-electron chi connectivity index (χ2n) is 17.0. The molecule has 6 atom stereocenters. The lowest BCUT2D eigenvalue weighted by molar-refractivity contribution is 0.114. The first-order valence-electron chi connectivity index (χ1n) is 23.8. The normalized spacial score (nSPS) is 23.0. The summed E-state index contributed by atoms with van der Waals surface area (Å²) in [5, 5.41) is 33.5. The van der Waals surface area contributed by atoms with Gasteiger partial charge in [-0.1, -0.05) is 125 Å². The molecule has 4 N–H and O–H groups in total. The molecule has 5 rings (SSSR count). The topological polar surface area (TPSA) is 124 Å². The van der Waals surface area contributed by atoms with Gasteiger partial charge in [0.15, 0.2) is 0 Å². The van der Waals surface area contributed by atoms with Crippen LogP contribution in [0, 0.1) is 17.8 Å². The fraction of sp³-hybridized carbons (Fsp3) is 0.843. The number of rotatable bonds is 22. The van der Waals surface area contributed by atoms with Crippen molar-refractivity contribution in [2.45, 2.75) is 215 Å². The molecule has 0 bridgehead atoms. The molecule has 0 radical (unpaired) electrons. The molecule has 0 amide bonds. The number of benzene rings is 1. The molecule has 0 spiro atoms. The predicted octanol–water partition coefficient (Wildman–Crippen LogP) is 12.1. The lowest BCUT2D eigenvalue weighted by atomic mass is 9.83. The van der Waals surface area contributed by atoms with E-state index in [-0.39, 0.29) is 26.2 Å². The zero-order valence-electron chi connectivity index (χ0n) is 38.9. The Morgan fingerprint density at radius 2 is 1.41 bits per heavy atom. The van der Waals surface area contributed by atoms with Gasteiger partial charge in [0.1, 0.15) is 5.75 Å². The third kappa shape index (κ3) is 32.8. The first-order chi connectivity index (χ1) is 28.1. The van der Waals surface area contributed by atoms with E-state index < -0.39 is 0 Å². The highest BCUT2D eigenvalue weighted by Crippen LogP contribution is 2.49. The van der Waals surface area contributed by atoms with Crippen LogP contribution in [0.1, 0.15) is 190 Å². The summed E-state index contributed by atoms with van der Waals surface area (Å²) in [7, 11) is 0. The molecule has 1 aromatic carbocycles. The summed E-state index contributed by atoms with van der Waals surface area (Å²) in [5.41, 5.74) is 1.56. The maximum absolute atomic E-state index is 8.67. The number of allylic oxidation sites excluding steroid dienone is 2. The molecular formula is C51H98O8. The van der Waals surface area contributed by atoms with E-state index >= 15 is 0 Å². The van der Waals surface area contributed by atoms with Crippen molar-refractivity contribution in [2.75, 3.05) is 46.2 Å². The maximum atomic E-state index is 8.67. The van der Waals surface area contributed by atoms with Crippen molar-refractivity contribution in [2.24, 2.45) is 17.8 Å². The number of aliphatic hydroxyl groups excluding tert-OH is 4. The molecule has 4 aliphatic rings. The summed E-state index contributed by atoms with van der Waals surface area (Å²) in [6.07, 6.45) is 30.0. The second-order valence-corrected chi connectivity index (χ2v) is 17.0. The Kier molecular flexibility index (Phi) is 40.9. The van der Waals surface area contributed by atoms with Gasteiger partial charge >= 0.3 is 0 Å². The summed E-state index contributed by atoms with van der Waals surface area (Å²) in [6, 6.07) is 8.15. The van der Waals surface area contributed by atoms with Gasteiger partial charge in [-0.05, 0) is 120 Å². The number of unbranched alkanes of at least 4 members (excludes halogenated alkanes) is 4. The zero-order chi connectivity index (χ0) is 43.3. The van der Waals surface area contributed by atoms with Crippen LogP contribution in [-0.2, 0) is 20.6 Å². The van der Waals surface area contributed by atoms with Gasteiger partial charge in [0.25, 0.3) is 0 Å². The average molecular weight is 839 g/mol. The summed E-state index contributed by atoms with van der Waals surface area (Å²) < 4.78 is 21.9. The average Bonchev–Trinajstić information content (AvgIpc) is 4.15. The fourth-order valence-corrected chi connectivity index (χ4v) is 6.93. The van der Waals surface area contributed by atoms with Gasteiger partial charge in [0.05, 0.1) is 30.5 Å². The van der Waals surface area contributed by atoms with E-state index in [0.29, 0.717) is 57.1 Å². The Morgan fingerprint density at radius 3 is 1.95 bits per heavy atom. The van der Waals surface area contributed by atoms with Gasteiger partial charge in [0, 0.05) is 46.1 Å². The van der Waals surface area contributed by atoms with Crippen LogP contribution in [0.3, 0.4) is 0 Å². The van der Waals surface area contributed by atoms with Gasteiger partial charge in [0.2, 0.25) is 0 Å². The van der Waals surface area contributed by atoms with Crippen molar-refractivity contribution < 1.29 is 39.4 Å². The van der Waals surface area contributed by atoms with Crippen LogP contribution < -0.4 is 4.74 Å². The van der Waals surface area contributed by atoms with Gasteiger partial charge in [-0.25, -0.2) is 0 Å². The minimum Gasteiger partial charge on any atom is -0.493 e. The van der Waals surface area contributed by atoms with Crippen LogP contribution >= 0.6 is 0 Å². The van der Waals surface area contributed by atoms with Crippen molar-refractivity contribution in [3.8, 4) is 5.75 Å². The molecule has 350 valence electrons. The predicted molar refractivity (Wildman–Crippen MR) is 251 cm³/mol. The van der Waals surface area contributed by atoms with Crippen LogP contribution in [0.4, 0.5) is 0 Å². The van der Waals surface area contributed by atoms with Crippen LogP contribution in [0.25, 0.3) is 0 Å². The van der Waals surface area contributed by atoms with Gasteiger partial charge < -0.3 is 39.4 Å². The van der Waals surface area contributed by atoms with Gasteiger partial charge in [-0.3, -0.25) is 0 Å². The minimum absolute atomic E-state index is 0. The van der Waals surface area contributed by atoms with Crippen molar-refractivity contribution >= 4 is 0 Å². The number of epoxide rings is 2.